The first-order valence-corrected chi connectivity index (χ1v) is 5.15. The van der Waals surface area contributed by atoms with E-state index in [9.17, 15) is 0 Å². The summed E-state index contributed by atoms with van der Waals surface area (Å²) < 4.78 is 2.36. The average molecular weight is 186 g/mol. The number of hydrogen-bond donors (Lipinski definition) is 1. The Bertz CT molecular complexity index is 509. The van der Waals surface area contributed by atoms with Crippen molar-refractivity contribution >= 4 is 16.6 Å². The molecule has 3 rings (SSSR count). The van der Waals surface area contributed by atoms with Crippen LogP contribution in [0.1, 0.15) is 17.7 Å². The van der Waals surface area contributed by atoms with Gasteiger partial charge in [-0.25, -0.2) is 0 Å². The lowest BCUT2D eigenvalue weighted by Gasteiger charge is -2.16. The van der Waals surface area contributed by atoms with Gasteiger partial charge in [-0.3, -0.25) is 0 Å². The molecule has 2 heterocycles. The summed E-state index contributed by atoms with van der Waals surface area (Å²) in [5.41, 5.74) is 11.1. The van der Waals surface area contributed by atoms with Gasteiger partial charge in [0.15, 0.2) is 0 Å². The fraction of sp³-hybridized carbons (Fsp3) is 0.333. The van der Waals surface area contributed by atoms with E-state index < -0.39 is 0 Å². The molecule has 0 saturated heterocycles. The summed E-state index contributed by atoms with van der Waals surface area (Å²) in [6, 6.07) is 6.46. The molecule has 0 bridgehead atoms. The second kappa shape index (κ2) is 2.53. The summed E-state index contributed by atoms with van der Waals surface area (Å²) in [5.74, 6) is 0. The average Bonchev–Trinajstić information content (AvgIpc) is 2.47. The highest BCUT2D eigenvalue weighted by atomic mass is 15.0. The van der Waals surface area contributed by atoms with Crippen LogP contribution in [0, 0.1) is 6.92 Å². The summed E-state index contributed by atoms with van der Waals surface area (Å²) in [6.07, 6.45) is 2.43. The molecule has 14 heavy (non-hydrogen) atoms. The van der Waals surface area contributed by atoms with Crippen molar-refractivity contribution in [3.63, 3.8) is 0 Å². The quantitative estimate of drug-likeness (QED) is 0.673. The minimum absolute atomic E-state index is 0.962. The van der Waals surface area contributed by atoms with Gasteiger partial charge in [0, 0.05) is 17.6 Å². The zero-order valence-electron chi connectivity index (χ0n) is 8.38. The van der Waals surface area contributed by atoms with E-state index in [0.717, 1.165) is 12.2 Å². The third-order valence-corrected chi connectivity index (χ3v) is 3.30. The molecule has 2 N–H and O–H groups in total. The molecular formula is C12H14N2. The summed E-state index contributed by atoms with van der Waals surface area (Å²) in [4.78, 5) is 0. The van der Waals surface area contributed by atoms with Gasteiger partial charge in [0.25, 0.3) is 0 Å². The molecule has 72 valence electrons. The van der Waals surface area contributed by atoms with Crippen LogP contribution in [0.5, 0.6) is 0 Å². The molecule has 1 aliphatic heterocycles. The van der Waals surface area contributed by atoms with E-state index in [1.54, 1.807) is 0 Å². The normalized spacial score (nSPS) is 14.9. The molecule has 0 amide bonds. The molecule has 1 aliphatic rings. The van der Waals surface area contributed by atoms with Gasteiger partial charge in [0.05, 0.1) is 11.2 Å². The van der Waals surface area contributed by atoms with E-state index in [1.165, 1.54) is 35.0 Å². The summed E-state index contributed by atoms with van der Waals surface area (Å²) in [6.45, 7) is 3.24. The van der Waals surface area contributed by atoms with E-state index in [0.29, 0.717) is 0 Å². The fourth-order valence-corrected chi connectivity index (χ4v) is 2.54. The number of nitrogens with zero attached hydrogens (tertiary/aromatic N) is 1. The molecule has 0 aliphatic carbocycles. The van der Waals surface area contributed by atoms with Crippen molar-refractivity contribution in [2.45, 2.75) is 26.3 Å². The highest BCUT2D eigenvalue weighted by Crippen LogP contribution is 2.33. The van der Waals surface area contributed by atoms with Crippen LogP contribution in [0.2, 0.25) is 0 Å². The summed E-state index contributed by atoms with van der Waals surface area (Å²) in [5, 5.41) is 1.24. The molecule has 2 aromatic rings. The number of anilines is 1. The van der Waals surface area contributed by atoms with Crippen LogP contribution in [0.4, 0.5) is 5.69 Å². The van der Waals surface area contributed by atoms with Crippen LogP contribution in [-0.4, -0.2) is 4.57 Å². The van der Waals surface area contributed by atoms with Gasteiger partial charge in [-0.15, -0.1) is 0 Å². The standard InChI is InChI=1S/C12H14N2/c1-8-11(13)10-6-2-4-9-5-3-7-14(8)12(9)10/h2,4,6H,3,5,7,13H2,1H3. The third kappa shape index (κ3) is 0.808. The smallest absolute Gasteiger partial charge is 0.0604 e. The van der Waals surface area contributed by atoms with Crippen LogP contribution in [0.3, 0.4) is 0 Å². The van der Waals surface area contributed by atoms with Gasteiger partial charge in [0.2, 0.25) is 0 Å². The summed E-state index contributed by atoms with van der Waals surface area (Å²) >= 11 is 0. The summed E-state index contributed by atoms with van der Waals surface area (Å²) in [7, 11) is 0. The van der Waals surface area contributed by atoms with Gasteiger partial charge < -0.3 is 10.3 Å². The Balaban J connectivity index is 2.54. The first-order valence-electron chi connectivity index (χ1n) is 5.15. The van der Waals surface area contributed by atoms with Crippen LogP contribution in [0.15, 0.2) is 18.2 Å². The molecule has 2 nitrogen and oxygen atoms in total. The zero-order valence-corrected chi connectivity index (χ0v) is 8.38. The maximum Gasteiger partial charge on any atom is 0.0604 e. The van der Waals surface area contributed by atoms with Crippen molar-refractivity contribution in [1.29, 1.82) is 0 Å². The Hall–Kier alpha value is -1.44. The van der Waals surface area contributed by atoms with Gasteiger partial charge in [-0.1, -0.05) is 18.2 Å². The number of benzene rings is 1. The Morgan fingerprint density at radius 2 is 2.21 bits per heavy atom. The van der Waals surface area contributed by atoms with E-state index >= 15 is 0 Å². The molecule has 0 fully saturated rings. The lowest BCUT2D eigenvalue weighted by molar-refractivity contribution is 0.624. The number of nitrogen functional groups attached to an aromatic ring is 1. The van der Waals surface area contributed by atoms with Crippen molar-refractivity contribution < 1.29 is 0 Å². The van der Waals surface area contributed by atoms with Gasteiger partial charge >= 0.3 is 0 Å². The maximum atomic E-state index is 6.09. The van der Waals surface area contributed by atoms with E-state index in [2.05, 4.69) is 29.7 Å². The number of aromatic nitrogens is 1. The molecule has 1 aromatic carbocycles. The predicted molar refractivity (Wildman–Crippen MR) is 59.4 cm³/mol. The molecular weight excluding hydrogens is 172 g/mol. The van der Waals surface area contributed by atoms with E-state index in [1.807, 2.05) is 0 Å². The number of rotatable bonds is 0. The Morgan fingerprint density at radius 1 is 1.36 bits per heavy atom. The lowest BCUT2D eigenvalue weighted by Crippen LogP contribution is -2.08. The minimum Gasteiger partial charge on any atom is -0.397 e. The molecule has 0 spiro atoms. The molecule has 0 unspecified atom stereocenters. The fourth-order valence-electron chi connectivity index (χ4n) is 2.54. The van der Waals surface area contributed by atoms with Gasteiger partial charge in [-0.2, -0.15) is 0 Å². The largest absolute Gasteiger partial charge is 0.397 e. The van der Waals surface area contributed by atoms with E-state index in [-0.39, 0.29) is 0 Å². The van der Waals surface area contributed by atoms with Gasteiger partial charge in [-0.05, 0) is 25.3 Å². The molecule has 0 atom stereocenters. The first kappa shape index (κ1) is 7.92. The topological polar surface area (TPSA) is 30.9 Å². The SMILES string of the molecule is Cc1c(N)c2cccc3c2n1CCC3. The van der Waals surface area contributed by atoms with Crippen molar-refractivity contribution in [3.05, 3.63) is 29.5 Å². The van der Waals surface area contributed by atoms with Crippen LogP contribution < -0.4 is 5.73 Å². The lowest BCUT2D eigenvalue weighted by atomic mass is 10.0. The second-order valence-electron chi connectivity index (χ2n) is 4.07. The van der Waals surface area contributed by atoms with Gasteiger partial charge in [0.1, 0.15) is 0 Å². The third-order valence-electron chi connectivity index (χ3n) is 3.30. The number of nitrogens with two attached hydrogens (primary N) is 1. The second-order valence-corrected chi connectivity index (χ2v) is 4.07. The zero-order chi connectivity index (χ0) is 9.71. The predicted octanol–water partition coefficient (Wildman–Crippen LogP) is 2.48. The molecule has 0 radical (unpaired) electrons. The Kier molecular flexibility index (Phi) is 1.43. The van der Waals surface area contributed by atoms with Crippen LogP contribution in [-0.2, 0) is 13.0 Å². The highest BCUT2D eigenvalue weighted by molar-refractivity contribution is 5.96. The van der Waals surface area contributed by atoms with Crippen LogP contribution >= 0.6 is 0 Å². The van der Waals surface area contributed by atoms with Crippen molar-refractivity contribution in [1.82, 2.24) is 4.57 Å². The number of aryl methyl sites for hydroxylation is 2. The first-order chi connectivity index (χ1) is 6.79. The highest BCUT2D eigenvalue weighted by Gasteiger charge is 2.17. The van der Waals surface area contributed by atoms with E-state index in [4.69, 9.17) is 5.73 Å². The monoisotopic (exact) mass is 186 g/mol. The Labute approximate surface area is 83.3 Å². The van der Waals surface area contributed by atoms with Crippen molar-refractivity contribution in [2.24, 2.45) is 0 Å². The number of hydrogen-bond acceptors (Lipinski definition) is 1. The van der Waals surface area contributed by atoms with Crippen LogP contribution in [0.25, 0.3) is 10.9 Å². The molecule has 1 aromatic heterocycles. The van der Waals surface area contributed by atoms with Crippen molar-refractivity contribution in [2.75, 3.05) is 5.73 Å². The minimum atomic E-state index is 0.962. The Morgan fingerprint density at radius 3 is 3.07 bits per heavy atom. The maximum absolute atomic E-state index is 6.09. The number of para-hydroxylation sites is 1. The molecule has 0 saturated carbocycles. The molecule has 2 heteroatoms. The van der Waals surface area contributed by atoms with Crippen molar-refractivity contribution in [3.8, 4) is 0 Å².